The van der Waals surface area contributed by atoms with Crippen molar-refractivity contribution in [2.75, 3.05) is 0 Å². The highest BCUT2D eigenvalue weighted by molar-refractivity contribution is 6.34. The third-order valence-electron chi connectivity index (χ3n) is 2.54. The van der Waals surface area contributed by atoms with E-state index in [0.717, 1.165) is 5.69 Å². The Bertz CT molecular complexity index is 580. The van der Waals surface area contributed by atoms with Crippen molar-refractivity contribution in [3.63, 3.8) is 0 Å². The second-order valence-corrected chi connectivity index (χ2v) is 4.51. The molecule has 6 heteroatoms. The van der Waals surface area contributed by atoms with Gasteiger partial charge in [0.2, 0.25) is 0 Å². The zero-order valence-corrected chi connectivity index (χ0v) is 11.2. The molecule has 0 spiro atoms. The Hall–Kier alpha value is -1.52. The number of hydrogen-bond acceptors (Lipinski definition) is 2. The number of aromatic nitrogens is 2. The lowest BCUT2D eigenvalue weighted by Gasteiger charge is -2.07. The normalized spacial score (nSPS) is 10.4. The number of carbonyl (C=O) groups excluding carboxylic acids is 1. The van der Waals surface area contributed by atoms with Crippen LogP contribution < -0.4 is 5.32 Å². The van der Waals surface area contributed by atoms with Gasteiger partial charge >= 0.3 is 0 Å². The maximum absolute atomic E-state index is 11.9. The second-order valence-electron chi connectivity index (χ2n) is 3.77. The van der Waals surface area contributed by atoms with E-state index in [-0.39, 0.29) is 16.2 Å². The van der Waals surface area contributed by atoms with E-state index in [9.17, 15) is 4.79 Å². The van der Waals surface area contributed by atoms with Crippen molar-refractivity contribution in [1.29, 1.82) is 0 Å². The van der Waals surface area contributed by atoms with Gasteiger partial charge in [0.05, 0.1) is 12.1 Å². The molecule has 0 saturated carbocycles. The van der Waals surface area contributed by atoms with Gasteiger partial charge in [-0.25, -0.2) is 4.98 Å². The van der Waals surface area contributed by atoms with Crippen molar-refractivity contribution in [2.45, 2.75) is 6.54 Å². The van der Waals surface area contributed by atoms with Crippen LogP contribution in [0.1, 0.15) is 16.1 Å². The fourth-order valence-electron chi connectivity index (χ4n) is 1.53. The zero-order valence-electron chi connectivity index (χ0n) is 9.65. The Balaban J connectivity index is 2.06. The standard InChI is InChI=1S/C12H11Cl2N3O/c1-17-6-2-3-8(17)7-15-12(18)9-4-5-10(13)16-11(9)14/h2-6H,7H2,1H3,(H,15,18). The number of pyridine rings is 1. The van der Waals surface area contributed by atoms with Gasteiger partial charge in [-0.2, -0.15) is 0 Å². The molecule has 0 aliphatic carbocycles. The molecule has 2 aromatic heterocycles. The van der Waals surface area contributed by atoms with Crippen LogP contribution >= 0.6 is 23.2 Å². The first-order valence-electron chi connectivity index (χ1n) is 5.28. The van der Waals surface area contributed by atoms with Crippen molar-refractivity contribution < 1.29 is 4.79 Å². The van der Waals surface area contributed by atoms with Crippen LogP contribution in [-0.4, -0.2) is 15.5 Å². The van der Waals surface area contributed by atoms with Gasteiger partial charge in [-0.1, -0.05) is 23.2 Å². The molecular weight excluding hydrogens is 273 g/mol. The Morgan fingerprint density at radius 1 is 1.39 bits per heavy atom. The quantitative estimate of drug-likeness (QED) is 0.881. The topological polar surface area (TPSA) is 46.9 Å². The third kappa shape index (κ3) is 2.83. The molecule has 0 fully saturated rings. The summed E-state index contributed by atoms with van der Waals surface area (Å²) in [4.78, 5) is 15.7. The predicted octanol–water partition coefficient (Wildman–Crippen LogP) is 2.66. The van der Waals surface area contributed by atoms with Crippen LogP contribution in [0.3, 0.4) is 0 Å². The largest absolute Gasteiger partial charge is 0.353 e. The molecule has 0 aliphatic heterocycles. The van der Waals surface area contributed by atoms with E-state index in [2.05, 4.69) is 10.3 Å². The number of hydrogen-bond donors (Lipinski definition) is 1. The van der Waals surface area contributed by atoms with Crippen molar-refractivity contribution in [2.24, 2.45) is 7.05 Å². The van der Waals surface area contributed by atoms with E-state index in [4.69, 9.17) is 23.2 Å². The van der Waals surface area contributed by atoms with Gasteiger partial charge in [-0.15, -0.1) is 0 Å². The van der Waals surface area contributed by atoms with Gasteiger partial charge in [0.1, 0.15) is 10.3 Å². The van der Waals surface area contributed by atoms with E-state index in [1.54, 1.807) is 6.07 Å². The summed E-state index contributed by atoms with van der Waals surface area (Å²) in [5.41, 5.74) is 1.32. The Morgan fingerprint density at radius 3 is 2.78 bits per heavy atom. The van der Waals surface area contributed by atoms with Crippen molar-refractivity contribution in [3.8, 4) is 0 Å². The molecule has 2 aromatic rings. The lowest BCUT2D eigenvalue weighted by atomic mass is 10.2. The fourth-order valence-corrected chi connectivity index (χ4v) is 1.96. The van der Waals surface area contributed by atoms with E-state index < -0.39 is 0 Å². The molecule has 0 aromatic carbocycles. The molecule has 18 heavy (non-hydrogen) atoms. The lowest BCUT2D eigenvalue weighted by Crippen LogP contribution is -2.24. The van der Waals surface area contributed by atoms with Crippen LogP contribution in [0.25, 0.3) is 0 Å². The minimum atomic E-state index is -0.273. The number of aryl methyl sites for hydroxylation is 1. The molecule has 0 unspecified atom stereocenters. The number of rotatable bonds is 3. The van der Waals surface area contributed by atoms with E-state index in [0.29, 0.717) is 12.1 Å². The SMILES string of the molecule is Cn1cccc1CNC(=O)c1ccc(Cl)nc1Cl. The average Bonchev–Trinajstić information content (AvgIpc) is 2.72. The summed E-state index contributed by atoms with van der Waals surface area (Å²) < 4.78 is 1.93. The number of nitrogens with one attached hydrogen (secondary N) is 1. The Labute approximate surface area is 115 Å². The van der Waals surface area contributed by atoms with Crippen LogP contribution in [-0.2, 0) is 13.6 Å². The monoisotopic (exact) mass is 283 g/mol. The number of carbonyl (C=O) groups is 1. The number of halogens is 2. The van der Waals surface area contributed by atoms with Crippen molar-refractivity contribution in [1.82, 2.24) is 14.9 Å². The van der Waals surface area contributed by atoms with E-state index in [1.165, 1.54) is 6.07 Å². The average molecular weight is 284 g/mol. The van der Waals surface area contributed by atoms with Crippen LogP contribution in [0.15, 0.2) is 30.5 Å². The number of nitrogens with zero attached hydrogens (tertiary/aromatic N) is 2. The second kappa shape index (κ2) is 5.42. The molecular formula is C12H11Cl2N3O. The first-order chi connectivity index (χ1) is 8.58. The van der Waals surface area contributed by atoms with Crippen LogP contribution in [0.5, 0.6) is 0 Å². The first-order valence-corrected chi connectivity index (χ1v) is 6.04. The molecule has 0 bridgehead atoms. The van der Waals surface area contributed by atoms with Crippen LogP contribution in [0.2, 0.25) is 10.3 Å². The number of amides is 1. The van der Waals surface area contributed by atoms with Crippen LogP contribution in [0, 0.1) is 0 Å². The maximum atomic E-state index is 11.9. The van der Waals surface area contributed by atoms with Crippen molar-refractivity contribution >= 4 is 29.1 Å². The summed E-state index contributed by atoms with van der Waals surface area (Å²) in [5, 5.41) is 3.14. The minimum Gasteiger partial charge on any atom is -0.353 e. The molecule has 94 valence electrons. The van der Waals surface area contributed by atoms with Gasteiger partial charge < -0.3 is 9.88 Å². The highest BCUT2D eigenvalue weighted by atomic mass is 35.5. The summed E-state index contributed by atoms with van der Waals surface area (Å²) >= 11 is 11.5. The summed E-state index contributed by atoms with van der Waals surface area (Å²) in [6, 6.07) is 6.93. The summed E-state index contributed by atoms with van der Waals surface area (Å²) in [6.07, 6.45) is 1.91. The Kier molecular flexibility index (Phi) is 3.89. The Morgan fingerprint density at radius 2 is 2.17 bits per heavy atom. The summed E-state index contributed by atoms with van der Waals surface area (Å²) in [7, 11) is 1.91. The van der Waals surface area contributed by atoms with Crippen molar-refractivity contribution in [3.05, 3.63) is 52.0 Å². The molecule has 0 saturated heterocycles. The molecule has 4 nitrogen and oxygen atoms in total. The molecule has 0 radical (unpaired) electrons. The van der Waals surface area contributed by atoms with E-state index >= 15 is 0 Å². The summed E-state index contributed by atoms with van der Waals surface area (Å²) in [5.74, 6) is -0.273. The maximum Gasteiger partial charge on any atom is 0.254 e. The molecule has 1 amide bonds. The highest BCUT2D eigenvalue weighted by Crippen LogP contribution is 2.16. The predicted molar refractivity (Wildman–Crippen MR) is 70.8 cm³/mol. The van der Waals surface area contributed by atoms with Gasteiger partial charge in [0, 0.05) is 18.9 Å². The third-order valence-corrected chi connectivity index (χ3v) is 3.04. The molecule has 2 rings (SSSR count). The summed E-state index contributed by atoms with van der Waals surface area (Å²) in [6.45, 7) is 0.432. The molecule has 2 heterocycles. The fraction of sp³-hybridized carbons (Fsp3) is 0.167. The van der Waals surface area contributed by atoms with Gasteiger partial charge in [-0.3, -0.25) is 4.79 Å². The smallest absolute Gasteiger partial charge is 0.254 e. The molecule has 0 aliphatic rings. The van der Waals surface area contributed by atoms with Gasteiger partial charge in [-0.05, 0) is 24.3 Å². The lowest BCUT2D eigenvalue weighted by molar-refractivity contribution is 0.0950. The van der Waals surface area contributed by atoms with Gasteiger partial charge in [0.25, 0.3) is 5.91 Å². The highest BCUT2D eigenvalue weighted by Gasteiger charge is 2.11. The zero-order chi connectivity index (χ0) is 13.1. The minimum absolute atomic E-state index is 0.104. The van der Waals surface area contributed by atoms with E-state index in [1.807, 2.05) is 29.9 Å². The van der Waals surface area contributed by atoms with Gasteiger partial charge in [0.15, 0.2) is 0 Å². The first kappa shape index (κ1) is 12.9. The molecule has 0 atom stereocenters. The van der Waals surface area contributed by atoms with Crippen LogP contribution in [0.4, 0.5) is 0 Å². The molecule has 1 N–H and O–H groups in total.